The molecular weight excluding hydrogens is 451 g/mol. The van der Waals surface area contributed by atoms with E-state index in [4.69, 9.17) is 4.74 Å². The quantitative estimate of drug-likeness (QED) is 0.416. The Hall–Kier alpha value is -3.49. The largest absolute Gasteiger partial charge is 0.457 e. The standard InChI is InChI=1S/C26H25FN4O2S/c27-20-8-11-23-24(18-20)34-26(29-23)31-16-14-30(15-17-31)13-12-28-25(32)19-6-9-22(10-7-19)33-21-4-2-1-3-5-21/h1-11,18H,12-17H2,(H,28,32). The van der Waals surface area contributed by atoms with Crippen LogP contribution in [0, 0.1) is 5.82 Å². The zero-order valence-electron chi connectivity index (χ0n) is 18.6. The number of nitrogens with one attached hydrogen (secondary N) is 1. The number of nitrogens with zero attached hydrogens (tertiary/aromatic N) is 3. The Kier molecular flexibility index (Phi) is 6.69. The molecule has 1 aliphatic rings. The first-order chi connectivity index (χ1) is 16.6. The highest BCUT2D eigenvalue weighted by molar-refractivity contribution is 7.22. The lowest BCUT2D eigenvalue weighted by molar-refractivity contribution is 0.0948. The van der Waals surface area contributed by atoms with E-state index >= 15 is 0 Å². The number of amides is 1. The van der Waals surface area contributed by atoms with Gasteiger partial charge < -0.3 is 15.0 Å². The number of halogens is 1. The van der Waals surface area contributed by atoms with Crippen LogP contribution >= 0.6 is 11.3 Å². The number of hydrogen-bond acceptors (Lipinski definition) is 6. The highest BCUT2D eigenvalue weighted by Crippen LogP contribution is 2.29. The van der Waals surface area contributed by atoms with Gasteiger partial charge in [0.05, 0.1) is 10.2 Å². The lowest BCUT2D eigenvalue weighted by atomic mass is 10.2. The van der Waals surface area contributed by atoms with Gasteiger partial charge in [0.2, 0.25) is 0 Å². The molecule has 1 N–H and O–H groups in total. The summed E-state index contributed by atoms with van der Waals surface area (Å²) in [5, 5.41) is 3.94. The Labute approximate surface area is 201 Å². The average Bonchev–Trinajstić information content (AvgIpc) is 3.29. The van der Waals surface area contributed by atoms with Crippen LogP contribution in [-0.4, -0.2) is 55.1 Å². The van der Waals surface area contributed by atoms with Crippen LogP contribution in [0.2, 0.25) is 0 Å². The third-order valence-corrected chi connectivity index (χ3v) is 6.87. The van der Waals surface area contributed by atoms with Crippen LogP contribution in [0.15, 0.2) is 72.8 Å². The fourth-order valence-corrected chi connectivity index (χ4v) is 4.96. The molecule has 1 saturated heterocycles. The molecule has 1 aromatic heterocycles. The highest BCUT2D eigenvalue weighted by atomic mass is 32.1. The smallest absolute Gasteiger partial charge is 0.251 e. The van der Waals surface area contributed by atoms with Crippen LogP contribution in [0.1, 0.15) is 10.4 Å². The van der Waals surface area contributed by atoms with E-state index in [2.05, 4.69) is 20.1 Å². The fourth-order valence-electron chi connectivity index (χ4n) is 3.91. The first-order valence-corrected chi connectivity index (χ1v) is 12.1. The summed E-state index contributed by atoms with van der Waals surface area (Å²) < 4.78 is 20.1. The Bertz CT molecular complexity index is 1260. The van der Waals surface area contributed by atoms with Gasteiger partial charge in [0.15, 0.2) is 5.13 Å². The highest BCUT2D eigenvalue weighted by Gasteiger charge is 2.20. The first-order valence-electron chi connectivity index (χ1n) is 11.3. The predicted molar refractivity (Wildman–Crippen MR) is 134 cm³/mol. The molecule has 1 fully saturated rings. The van der Waals surface area contributed by atoms with Gasteiger partial charge >= 0.3 is 0 Å². The second kappa shape index (κ2) is 10.2. The van der Waals surface area contributed by atoms with Gasteiger partial charge in [0.1, 0.15) is 17.3 Å². The van der Waals surface area contributed by atoms with E-state index in [9.17, 15) is 9.18 Å². The number of benzene rings is 3. The number of rotatable bonds is 7. The molecular formula is C26H25FN4O2S. The van der Waals surface area contributed by atoms with Gasteiger partial charge in [-0.1, -0.05) is 29.5 Å². The van der Waals surface area contributed by atoms with Crippen molar-refractivity contribution in [3.8, 4) is 11.5 Å². The van der Waals surface area contributed by atoms with Crippen molar-refractivity contribution < 1.29 is 13.9 Å². The van der Waals surface area contributed by atoms with Gasteiger partial charge in [-0.2, -0.15) is 0 Å². The molecule has 34 heavy (non-hydrogen) atoms. The molecule has 2 heterocycles. The molecule has 4 aromatic rings. The molecule has 0 spiro atoms. The number of ether oxygens (including phenoxy) is 1. The molecule has 5 rings (SSSR count). The van der Waals surface area contributed by atoms with Crippen molar-refractivity contribution in [1.82, 2.24) is 15.2 Å². The summed E-state index contributed by atoms with van der Waals surface area (Å²) in [6.07, 6.45) is 0. The average molecular weight is 477 g/mol. The number of carbonyl (C=O) groups is 1. The maximum absolute atomic E-state index is 13.4. The summed E-state index contributed by atoms with van der Waals surface area (Å²) >= 11 is 1.53. The number of anilines is 1. The summed E-state index contributed by atoms with van der Waals surface area (Å²) in [4.78, 5) is 21.7. The fraction of sp³-hybridized carbons (Fsp3) is 0.231. The molecule has 8 heteroatoms. The number of carbonyl (C=O) groups excluding carboxylic acids is 1. The molecule has 0 aliphatic carbocycles. The second-order valence-electron chi connectivity index (χ2n) is 8.13. The number of thiazole rings is 1. The minimum atomic E-state index is -0.231. The molecule has 174 valence electrons. The first kappa shape index (κ1) is 22.3. The van der Waals surface area contributed by atoms with E-state index < -0.39 is 0 Å². The van der Waals surface area contributed by atoms with Gasteiger partial charge in [-0.05, 0) is 54.6 Å². The van der Waals surface area contributed by atoms with Gasteiger partial charge in [-0.15, -0.1) is 0 Å². The van der Waals surface area contributed by atoms with Gasteiger partial charge in [0.25, 0.3) is 5.91 Å². The monoisotopic (exact) mass is 476 g/mol. The van der Waals surface area contributed by atoms with Crippen molar-refractivity contribution in [3.05, 3.63) is 84.2 Å². The minimum Gasteiger partial charge on any atom is -0.457 e. The molecule has 6 nitrogen and oxygen atoms in total. The summed E-state index contributed by atoms with van der Waals surface area (Å²) in [5.74, 6) is 1.13. The number of aromatic nitrogens is 1. The van der Waals surface area contributed by atoms with Gasteiger partial charge in [-0.25, -0.2) is 9.37 Å². The molecule has 0 bridgehead atoms. The predicted octanol–water partition coefficient (Wildman–Crippen LogP) is 4.78. The van der Waals surface area contributed by atoms with E-state index in [0.29, 0.717) is 17.9 Å². The van der Waals surface area contributed by atoms with Crippen molar-refractivity contribution in [1.29, 1.82) is 0 Å². The Morgan fingerprint density at radius 2 is 1.71 bits per heavy atom. The maximum Gasteiger partial charge on any atom is 0.251 e. The molecule has 0 atom stereocenters. The normalized spacial score (nSPS) is 14.3. The van der Waals surface area contributed by atoms with Gasteiger partial charge in [0, 0.05) is 44.8 Å². The van der Waals surface area contributed by atoms with Crippen molar-refractivity contribution in [2.75, 3.05) is 44.2 Å². The van der Waals surface area contributed by atoms with Crippen LogP contribution in [0.4, 0.5) is 9.52 Å². The van der Waals surface area contributed by atoms with E-state index in [1.165, 1.54) is 17.4 Å². The molecule has 0 radical (unpaired) electrons. The zero-order chi connectivity index (χ0) is 23.3. The maximum atomic E-state index is 13.4. The number of para-hydroxylation sites is 1. The lowest BCUT2D eigenvalue weighted by Gasteiger charge is -2.34. The molecule has 1 aliphatic heterocycles. The van der Waals surface area contributed by atoms with Crippen molar-refractivity contribution in [3.63, 3.8) is 0 Å². The van der Waals surface area contributed by atoms with E-state index in [0.717, 1.165) is 53.8 Å². The number of piperazine rings is 1. The van der Waals surface area contributed by atoms with E-state index in [-0.39, 0.29) is 11.7 Å². The van der Waals surface area contributed by atoms with Crippen LogP contribution in [-0.2, 0) is 0 Å². The van der Waals surface area contributed by atoms with Gasteiger partial charge in [-0.3, -0.25) is 9.69 Å². The summed E-state index contributed by atoms with van der Waals surface area (Å²) in [6, 6.07) is 21.4. The Morgan fingerprint density at radius 1 is 0.971 bits per heavy atom. The summed E-state index contributed by atoms with van der Waals surface area (Å²) in [7, 11) is 0. The van der Waals surface area contributed by atoms with Crippen molar-refractivity contribution in [2.24, 2.45) is 0 Å². The molecule has 3 aromatic carbocycles. The topological polar surface area (TPSA) is 57.7 Å². The molecule has 0 saturated carbocycles. The Balaban J connectivity index is 1.06. The minimum absolute atomic E-state index is 0.0911. The Morgan fingerprint density at radius 3 is 2.47 bits per heavy atom. The van der Waals surface area contributed by atoms with Crippen LogP contribution < -0.4 is 15.0 Å². The number of hydrogen-bond donors (Lipinski definition) is 1. The third kappa shape index (κ3) is 5.35. The van der Waals surface area contributed by atoms with Crippen molar-refractivity contribution in [2.45, 2.75) is 0 Å². The zero-order valence-corrected chi connectivity index (χ0v) is 19.4. The SMILES string of the molecule is O=C(NCCN1CCN(c2nc3ccc(F)cc3s2)CC1)c1ccc(Oc2ccccc2)cc1. The molecule has 0 unspecified atom stereocenters. The van der Waals surface area contributed by atoms with Crippen LogP contribution in [0.3, 0.4) is 0 Å². The van der Waals surface area contributed by atoms with Crippen LogP contribution in [0.5, 0.6) is 11.5 Å². The van der Waals surface area contributed by atoms with Crippen molar-refractivity contribution >= 4 is 32.6 Å². The lowest BCUT2D eigenvalue weighted by Crippen LogP contribution is -2.48. The third-order valence-electron chi connectivity index (χ3n) is 5.79. The molecule has 1 amide bonds. The number of fused-ring (bicyclic) bond motifs is 1. The second-order valence-corrected chi connectivity index (χ2v) is 9.14. The summed E-state index contributed by atoms with van der Waals surface area (Å²) in [6.45, 7) is 4.89. The van der Waals surface area contributed by atoms with E-state index in [1.807, 2.05) is 30.3 Å². The van der Waals surface area contributed by atoms with E-state index in [1.54, 1.807) is 36.4 Å². The summed E-state index contributed by atoms with van der Waals surface area (Å²) in [5.41, 5.74) is 1.45. The van der Waals surface area contributed by atoms with Crippen LogP contribution in [0.25, 0.3) is 10.2 Å².